The Balaban J connectivity index is 1.62. The first-order valence-corrected chi connectivity index (χ1v) is 10.0. The smallest absolute Gasteiger partial charge is 0.251 e. The minimum atomic E-state index is -0.192. The van der Waals surface area contributed by atoms with E-state index in [0.717, 1.165) is 16.9 Å². The van der Waals surface area contributed by atoms with Gasteiger partial charge in [0, 0.05) is 27.9 Å². The van der Waals surface area contributed by atoms with Gasteiger partial charge in [-0.25, -0.2) is 0 Å². The van der Waals surface area contributed by atoms with Crippen molar-refractivity contribution in [2.45, 2.75) is 20.4 Å². The molecule has 0 saturated carbocycles. The molecule has 0 aliphatic carbocycles. The molecule has 29 heavy (non-hydrogen) atoms. The Bertz CT molecular complexity index is 1060. The predicted molar refractivity (Wildman–Crippen MR) is 118 cm³/mol. The van der Waals surface area contributed by atoms with Crippen molar-refractivity contribution in [2.75, 3.05) is 5.32 Å². The van der Waals surface area contributed by atoms with Crippen molar-refractivity contribution in [3.05, 3.63) is 93.3 Å². The molecule has 0 saturated heterocycles. The molecule has 6 N–H and O–H groups in total. The number of aryl methyl sites for hydroxylation is 2. The largest absolute Gasteiger partial charge is 0.465 e. The highest BCUT2D eigenvalue weighted by Gasteiger charge is 2.08. The van der Waals surface area contributed by atoms with Crippen molar-refractivity contribution in [1.82, 2.24) is 5.32 Å². The highest BCUT2D eigenvalue weighted by atomic mass is 32.1. The number of carbonyl (C=O) groups is 1. The number of carbonyl (C=O) groups excluding carboxylic acids is 1. The third-order valence-electron chi connectivity index (χ3n) is 4.24. The fourth-order valence-electron chi connectivity index (χ4n) is 2.72. The molecule has 7 heteroatoms. The molecule has 0 spiro atoms. The van der Waals surface area contributed by atoms with Crippen LogP contribution in [-0.4, -0.2) is 5.91 Å². The topological polar surface area (TPSA) is 106 Å². The van der Waals surface area contributed by atoms with Gasteiger partial charge in [-0.1, -0.05) is 6.07 Å². The number of rotatable bonds is 7. The summed E-state index contributed by atoms with van der Waals surface area (Å²) in [5, 5.41) is 9.96. The molecule has 2 heterocycles. The van der Waals surface area contributed by atoms with Crippen LogP contribution in [0.15, 0.2) is 69.5 Å². The molecule has 0 aliphatic heterocycles. The third kappa shape index (κ3) is 5.52. The average molecular weight is 409 g/mol. The van der Waals surface area contributed by atoms with E-state index in [1.165, 1.54) is 0 Å². The van der Waals surface area contributed by atoms with Crippen LogP contribution in [0.3, 0.4) is 0 Å². The Kier molecular flexibility index (Phi) is 6.41. The molecule has 6 nitrogen and oxygen atoms in total. The van der Waals surface area contributed by atoms with Crippen LogP contribution < -0.4 is 22.1 Å². The second-order valence-electron chi connectivity index (χ2n) is 6.61. The number of allylic oxidation sites excluding steroid dienone is 2. The lowest BCUT2D eigenvalue weighted by molar-refractivity contribution is 0.0948. The van der Waals surface area contributed by atoms with Gasteiger partial charge < -0.3 is 26.5 Å². The summed E-state index contributed by atoms with van der Waals surface area (Å²) in [6, 6.07) is 10.8. The molecule has 1 amide bonds. The van der Waals surface area contributed by atoms with Gasteiger partial charge in [0.1, 0.15) is 17.3 Å². The number of anilines is 1. The van der Waals surface area contributed by atoms with Gasteiger partial charge in [0.2, 0.25) is 0 Å². The molecule has 0 fully saturated rings. The lowest BCUT2D eigenvalue weighted by atomic mass is 10.1. The lowest BCUT2D eigenvalue weighted by Gasteiger charge is -2.09. The van der Waals surface area contributed by atoms with E-state index in [1.54, 1.807) is 41.7 Å². The van der Waals surface area contributed by atoms with E-state index < -0.39 is 0 Å². The Morgan fingerprint density at radius 3 is 2.66 bits per heavy atom. The number of furan rings is 1. The standard InChI is InChI=1S/C22H24N4O2S/c1-14-12-29-13-19(14)20(23)8-9-21(24)26-17-5-3-4-16(10-17)22(27)25-11-18-7-6-15(2)28-18/h3-10,12-13,26H,11,23-24H2,1-2H3,(H,25,27)/b20-8-,21-9+. The van der Waals surface area contributed by atoms with Crippen LogP contribution in [0.1, 0.15) is 33.0 Å². The molecule has 3 aromatic rings. The molecule has 0 unspecified atom stereocenters. The Morgan fingerprint density at radius 2 is 1.97 bits per heavy atom. The first-order valence-electron chi connectivity index (χ1n) is 9.09. The Labute approximate surface area is 173 Å². The third-order valence-corrected chi connectivity index (χ3v) is 5.10. The maximum Gasteiger partial charge on any atom is 0.251 e. The molecule has 2 aromatic heterocycles. The Morgan fingerprint density at radius 1 is 1.14 bits per heavy atom. The van der Waals surface area contributed by atoms with E-state index in [9.17, 15) is 4.79 Å². The maximum atomic E-state index is 12.4. The molecule has 0 atom stereocenters. The lowest BCUT2D eigenvalue weighted by Crippen LogP contribution is -2.22. The minimum absolute atomic E-state index is 0.192. The maximum absolute atomic E-state index is 12.4. The van der Waals surface area contributed by atoms with E-state index in [4.69, 9.17) is 15.9 Å². The van der Waals surface area contributed by atoms with Crippen LogP contribution in [-0.2, 0) is 6.54 Å². The van der Waals surface area contributed by atoms with Crippen LogP contribution in [0.25, 0.3) is 5.70 Å². The summed E-state index contributed by atoms with van der Waals surface area (Å²) >= 11 is 1.61. The molecule has 0 bridgehead atoms. The van der Waals surface area contributed by atoms with E-state index in [-0.39, 0.29) is 5.91 Å². The quantitative estimate of drug-likeness (QED) is 0.440. The monoisotopic (exact) mass is 408 g/mol. The molecular weight excluding hydrogens is 384 g/mol. The van der Waals surface area contributed by atoms with E-state index >= 15 is 0 Å². The highest BCUT2D eigenvalue weighted by Crippen LogP contribution is 2.19. The summed E-state index contributed by atoms with van der Waals surface area (Å²) in [6.07, 6.45) is 3.47. The number of benzene rings is 1. The van der Waals surface area contributed by atoms with Gasteiger partial charge in [0.25, 0.3) is 5.91 Å². The molecule has 0 aliphatic rings. The summed E-state index contributed by atoms with van der Waals surface area (Å²) < 4.78 is 5.46. The van der Waals surface area contributed by atoms with Gasteiger partial charge in [0.15, 0.2) is 0 Å². The molecule has 0 radical (unpaired) electrons. The zero-order valence-corrected chi connectivity index (χ0v) is 17.2. The van der Waals surface area contributed by atoms with Crippen molar-refractivity contribution >= 4 is 28.6 Å². The zero-order chi connectivity index (χ0) is 20.8. The fourth-order valence-corrected chi connectivity index (χ4v) is 3.58. The highest BCUT2D eigenvalue weighted by molar-refractivity contribution is 7.08. The zero-order valence-electron chi connectivity index (χ0n) is 16.4. The van der Waals surface area contributed by atoms with E-state index in [2.05, 4.69) is 10.6 Å². The first kappa shape index (κ1) is 20.3. The normalized spacial score (nSPS) is 12.1. The van der Waals surface area contributed by atoms with Gasteiger partial charge >= 0.3 is 0 Å². The molecule has 150 valence electrons. The second kappa shape index (κ2) is 9.16. The summed E-state index contributed by atoms with van der Waals surface area (Å²) in [6.45, 7) is 4.21. The van der Waals surface area contributed by atoms with Gasteiger partial charge in [-0.15, -0.1) is 0 Å². The number of hydrogen-bond donors (Lipinski definition) is 4. The summed E-state index contributed by atoms with van der Waals surface area (Å²) in [4.78, 5) is 12.4. The van der Waals surface area contributed by atoms with Crippen LogP contribution >= 0.6 is 11.3 Å². The minimum Gasteiger partial charge on any atom is -0.465 e. The second-order valence-corrected chi connectivity index (χ2v) is 7.36. The van der Waals surface area contributed by atoms with Crippen molar-refractivity contribution in [2.24, 2.45) is 11.5 Å². The van der Waals surface area contributed by atoms with Gasteiger partial charge in [0.05, 0.1) is 6.54 Å². The van der Waals surface area contributed by atoms with E-state index in [1.807, 2.05) is 42.8 Å². The molecule has 3 rings (SSSR count). The fraction of sp³-hybridized carbons (Fsp3) is 0.136. The van der Waals surface area contributed by atoms with Crippen molar-refractivity contribution in [3.63, 3.8) is 0 Å². The van der Waals surface area contributed by atoms with Crippen LogP contribution in [0.2, 0.25) is 0 Å². The van der Waals surface area contributed by atoms with Gasteiger partial charge in [-0.3, -0.25) is 4.79 Å². The summed E-state index contributed by atoms with van der Waals surface area (Å²) in [5.41, 5.74) is 16.2. The number of thiophene rings is 1. The van der Waals surface area contributed by atoms with Crippen molar-refractivity contribution < 1.29 is 9.21 Å². The van der Waals surface area contributed by atoms with Crippen LogP contribution in [0, 0.1) is 13.8 Å². The summed E-state index contributed by atoms with van der Waals surface area (Å²) in [7, 11) is 0. The first-order chi connectivity index (χ1) is 13.9. The Hall–Kier alpha value is -3.45. The van der Waals surface area contributed by atoms with E-state index in [0.29, 0.717) is 35.1 Å². The SMILES string of the molecule is Cc1ccc(CNC(=O)c2cccc(N/C(N)=C/C=C(\N)c3cscc3C)c2)o1. The van der Waals surface area contributed by atoms with Crippen molar-refractivity contribution in [1.29, 1.82) is 0 Å². The summed E-state index contributed by atoms with van der Waals surface area (Å²) in [5.74, 6) is 1.75. The van der Waals surface area contributed by atoms with Gasteiger partial charge in [-0.2, -0.15) is 11.3 Å². The van der Waals surface area contributed by atoms with Crippen LogP contribution in [0.5, 0.6) is 0 Å². The number of nitrogens with two attached hydrogens (primary N) is 2. The predicted octanol–water partition coefficient (Wildman–Crippen LogP) is 4.10. The molecule has 1 aromatic carbocycles. The van der Waals surface area contributed by atoms with Gasteiger partial charge in [-0.05, 0) is 67.3 Å². The average Bonchev–Trinajstić information content (AvgIpc) is 3.32. The number of amides is 1. The number of hydrogen-bond acceptors (Lipinski definition) is 6. The molecular formula is C22H24N4O2S. The van der Waals surface area contributed by atoms with Crippen molar-refractivity contribution in [3.8, 4) is 0 Å². The number of nitrogens with one attached hydrogen (secondary N) is 2. The van der Waals surface area contributed by atoms with Crippen LogP contribution in [0.4, 0.5) is 5.69 Å².